The van der Waals surface area contributed by atoms with Gasteiger partial charge in [-0.1, -0.05) is 18.2 Å². The van der Waals surface area contributed by atoms with Gasteiger partial charge in [-0.2, -0.15) is 0 Å². The molecule has 6 heteroatoms. The van der Waals surface area contributed by atoms with Crippen LogP contribution in [0.15, 0.2) is 85.3 Å². The molecule has 0 fully saturated rings. The zero-order valence-corrected chi connectivity index (χ0v) is 16.4. The average Bonchev–Trinajstić information content (AvgIpc) is 2.77. The van der Waals surface area contributed by atoms with Crippen LogP contribution in [-0.2, 0) is 12.0 Å². The largest absolute Gasteiger partial charge is 0.372 e. The fourth-order valence-corrected chi connectivity index (χ4v) is 3.44. The first kappa shape index (κ1) is 19.6. The van der Waals surface area contributed by atoms with Gasteiger partial charge in [0.2, 0.25) is 0 Å². The maximum atomic E-state index is 14.2. The molecule has 0 radical (unpaired) electrons. The SMILES string of the molecule is CC(Cc1ccc(F)cc1)(Nc1cc(F)ccc1-c1ccccn1)c1ncccn1. The Bertz CT molecular complexity index is 1120. The van der Waals surface area contributed by atoms with Crippen molar-refractivity contribution in [1.29, 1.82) is 0 Å². The van der Waals surface area contributed by atoms with Gasteiger partial charge in [-0.25, -0.2) is 18.7 Å². The van der Waals surface area contributed by atoms with Crippen molar-refractivity contribution in [1.82, 2.24) is 15.0 Å². The average molecular weight is 402 g/mol. The lowest BCUT2D eigenvalue weighted by Crippen LogP contribution is -2.36. The molecule has 0 bridgehead atoms. The van der Waals surface area contributed by atoms with E-state index in [1.54, 1.807) is 42.9 Å². The van der Waals surface area contributed by atoms with E-state index in [4.69, 9.17) is 0 Å². The number of rotatable bonds is 6. The molecule has 0 saturated heterocycles. The van der Waals surface area contributed by atoms with Crippen molar-refractivity contribution in [2.24, 2.45) is 0 Å². The number of aromatic nitrogens is 3. The summed E-state index contributed by atoms with van der Waals surface area (Å²) in [6.45, 7) is 1.94. The van der Waals surface area contributed by atoms with Crippen molar-refractivity contribution in [3.8, 4) is 11.3 Å². The molecule has 0 spiro atoms. The molecule has 4 nitrogen and oxygen atoms in total. The van der Waals surface area contributed by atoms with Crippen LogP contribution in [0.2, 0.25) is 0 Å². The number of hydrogen-bond donors (Lipinski definition) is 1. The topological polar surface area (TPSA) is 50.7 Å². The normalized spacial score (nSPS) is 12.9. The minimum absolute atomic E-state index is 0.299. The molecule has 30 heavy (non-hydrogen) atoms. The van der Waals surface area contributed by atoms with Gasteiger partial charge in [-0.05, 0) is 61.0 Å². The highest BCUT2D eigenvalue weighted by Gasteiger charge is 2.31. The summed E-state index contributed by atoms with van der Waals surface area (Å²) in [5.74, 6) is -0.118. The quantitative estimate of drug-likeness (QED) is 0.470. The maximum absolute atomic E-state index is 14.2. The number of halogens is 2. The fraction of sp³-hybridized carbons (Fsp3) is 0.125. The zero-order chi connectivity index (χ0) is 21.0. The Hall–Kier alpha value is -3.67. The maximum Gasteiger partial charge on any atom is 0.153 e. The van der Waals surface area contributed by atoms with Crippen LogP contribution in [0.3, 0.4) is 0 Å². The predicted molar refractivity (Wildman–Crippen MR) is 113 cm³/mol. The van der Waals surface area contributed by atoms with Crippen molar-refractivity contribution >= 4 is 5.69 Å². The number of anilines is 1. The summed E-state index contributed by atoms with van der Waals surface area (Å²) in [6, 6.07) is 18.2. The molecular weight excluding hydrogens is 382 g/mol. The van der Waals surface area contributed by atoms with E-state index in [0.717, 1.165) is 16.8 Å². The molecular formula is C24H20F2N4. The summed E-state index contributed by atoms with van der Waals surface area (Å²) in [4.78, 5) is 13.3. The molecule has 4 aromatic rings. The zero-order valence-electron chi connectivity index (χ0n) is 16.4. The molecule has 0 aliphatic carbocycles. The van der Waals surface area contributed by atoms with E-state index in [1.165, 1.54) is 24.3 Å². The van der Waals surface area contributed by atoms with E-state index < -0.39 is 5.54 Å². The first-order chi connectivity index (χ1) is 14.5. The van der Waals surface area contributed by atoms with Crippen LogP contribution < -0.4 is 5.32 Å². The first-order valence-electron chi connectivity index (χ1n) is 9.55. The summed E-state index contributed by atoms with van der Waals surface area (Å²) in [7, 11) is 0. The summed E-state index contributed by atoms with van der Waals surface area (Å²) in [5, 5.41) is 3.44. The van der Waals surface area contributed by atoms with Crippen LogP contribution in [0, 0.1) is 11.6 Å². The molecule has 2 heterocycles. The molecule has 0 aliphatic heterocycles. The minimum Gasteiger partial charge on any atom is -0.372 e. The van der Waals surface area contributed by atoms with Crippen LogP contribution >= 0.6 is 0 Å². The van der Waals surface area contributed by atoms with Crippen LogP contribution in [-0.4, -0.2) is 15.0 Å². The molecule has 2 aromatic carbocycles. The van der Waals surface area contributed by atoms with E-state index in [1.807, 2.05) is 25.1 Å². The lowest BCUT2D eigenvalue weighted by atomic mass is 9.90. The molecule has 0 saturated carbocycles. The molecule has 2 aromatic heterocycles. The number of hydrogen-bond acceptors (Lipinski definition) is 4. The first-order valence-corrected chi connectivity index (χ1v) is 9.55. The summed E-state index contributed by atoms with van der Waals surface area (Å²) in [5.41, 5.74) is 2.17. The van der Waals surface area contributed by atoms with Crippen molar-refractivity contribution in [3.63, 3.8) is 0 Å². The lowest BCUT2D eigenvalue weighted by molar-refractivity contribution is 0.501. The second-order valence-corrected chi connectivity index (χ2v) is 7.24. The molecule has 0 amide bonds. The van der Waals surface area contributed by atoms with Gasteiger partial charge in [-0.15, -0.1) is 0 Å². The Morgan fingerprint density at radius 1 is 0.800 bits per heavy atom. The van der Waals surface area contributed by atoms with Gasteiger partial charge in [0, 0.05) is 36.3 Å². The smallest absolute Gasteiger partial charge is 0.153 e. The van der Waals surface area contributed by atoms with Gasteiger partial charge in [0.15, 0.2) is 5.82 Å². The molecule has 1 unspecified atom stereocenters. The second kappa shape index (κ2) is 8.37. The van der Waals surface area contributed by atoms with Gasteiger partial charge >= 0.3 is 0 Å². The van der Waals surface area contributed by atoms with Crippen LogP contribution in [0.25, 0.3) is 11.3 Å². The van der Waals surface area contributed by atoms with Crippen molar-refractivity contribution in [2.45, 2.75) is 18.9 Å². The third-order valence-corrected chi connectivity index (χ3v) is 4.86. The van der Waals surface area contributed by atoms with E-state index in [-0.39, 0.29) is 11.6 Å². The number of benzene rings is 2. The monoisotopic (exact) mass is 402 g/mol. The van der Waals surface area contributed by atoms with E-state index in [2.05, 4.69) is 20.3 Å². The van der Waals surface area contributed by atoms with Gasteiger partial charge in [-0.3, -0.25) is 4.98 Å². The molecule has 0 aliphatic rings. The molecule has 4 rings (SSSR count). The van der Waals surface area contributed by atoms with E-state index in [9.17, 15) is 8.78 Å². The van der Waals surface area contributed by atoms with Gasteiger partial charge in [0.1, 0.15) is 11.6 Å². The summed E-state index contributed by atoms with van der Waals surface area (Å²) < 4.78 is 27.6. The van der Waals surface area contributed by atoms with E-state index in [0.29, 0.717) is 17.9 Å². The van der Waals surface area contributed by atoms with Crippen LogP contribution in [0.5, 0.6) is 0 Å². The van der Waals surface area contributed by atoms with Gasteiger partial charge in [0.05, 0.1) is 11.2 Å². The standard InChI is InChI=1S/C24H20F2N4/c1-24(23-28-13-4-14-29-23,16-17-6-8-18(25)9-7-17)30-22-15-19(26)10-11-20(22)21-5-2-3-12-27-21/h2-15,30H,16H2,1H3. The van der Waals surface area contributed by atoms with Crippen molar-refractivity contribution in [3.05, 3.63) is 108 Å². The predicted octanol–water partition coefficient (Wildman–Crippen LogP) is 5.39. The number of nitrogens with one attached hydrogen (secondary N) is 1. The summed E-state index contributed by atoms with van der Waals surface area (Å²) in [6.07, 6.45) is 5.49. The van der Waals surface area contributed by atoms with Crippen LogP contribution in [0.1, 0.15) is 18.3 Å². The number of pyridine rings is 1. The van der Waals surface area contributed by atoms with Gasteiger partial charge in [0.25, 0.3) is 0 Å². The molecule has 1 atom stereocenters. The summed E-state index contributed by atoms with van der Waals surface area (Å²) >= 11 is 0. The Kier molecular flexibility index (Phi) is 5.48. The van der Waals surface area contributed by atoms with Gasteiger partial charge < -0.3 is 5.32 Å². The van der Waals surface area contributed by atoms with Crippen molar-refractivity contribution < 1.29 is 8.78 Å². The fourth-order valence-electron chi connectivity index (χ4n) is 3.44. The Labute approximate surface area is 173 Å². The Balaban J connectivity index is 1.78. The minimum atomic E-state index is -0.781. The highest BCUT2D eigenvalue weighted by atomic mass is 19.1. The van der Waals surface area contributed by atoms with E-state index >= 15 is 0 Å². The van der Waals surface area contributed by atoms with Crippen molar-refractivity contribution in [2.75, 3.05) is 5.32 Å². The third kappa shape index (κ3) is 4.33. The number of nitrogens with zero attached hydrogens (tertiary/aromatic N) is 3. The van der Waals surface area contributed by atoms with Crippen LogP contribution in [0.4, 0.5) is 14.5 Å². The molecule has 1 N–H and O–H groups in total. The highest BCUT2D eigenvalue weighted by molar-refractivity contribution is 5.76. The third-order valence-electron chi connectivity index (χ3n) is 4.86. The Morgan fingerprint density at radius 3 is 2.20 bits per heavy atom. The lowest BCUT2D eigenvalue weighted by Gasteiger charge is -2.31. The molecule has 150 valence electrons. The second-order valence-electron chi connectivity index (χ2n) is 7.24. The Morgan fingerprint density at radius 2 is 1.50 bits per heavy atom. The highest BCUT2D eigenvalue weighted by Crippen LogP contribution is 2.34.